The first-order valence-corrected chi connectivity index (χ1v) is 9.92. The second-order valence-electron chi connectivity index (χ2n) is 7.48. The Balaban J connectivity index is 1.37. The molecule has 2 aliphatic rings. The standard InChI is InChI=1S/C20H26N6O2/c1-24-18(22-19(27)15-6-2-3-7-15)14-16(23-24)20(28)26-12-10-25(11-13-26)17-8-4-5-9-21-17/h4-5,8-9,14-15H,2-3,6-7,10-13H2,1H3,(H,22,27). The van der Waals surface area contributed by atoms with E-state index in [0.29, 0.717) is 24.6 Å². The number of piperazine rings is 1. The van der Waals surface area contributed by atoms with Crippen molar-refractivity contribution in [2.45, 2.75) is 25.7 Å². The molecule has 2 aromatic rings. The van der Waals surface area contributed by atoms with Crippen LogP contribution in [0.25, 0.3) is 0 Å². The summed E-state index contributed by atoms with van der Waals surface area (Å²) in [4.78, 5) is 33.6. The molecule has 1 N–H and O–H groups in total. The summed E-state index contributed by atoms with van der Waals surface area (Å²) in [6.07, 6.45) is 5.88. The third kappa shape index (κ3) is 3.85. The van der Waals surface area contributed by atoms with Crippen LogP contribution in [-0.4, -0.2) is 57.7 Å². The van der Waals surface area contributed by atoms with Crippen LogP contribution < -0.4 is 10.2 Å². The van der Waals surface area contributed by atoms with Gasteiger partial charge in [0.25, 0.3) is 5.91 Å². The Labute approximate surface area is 164 Å². The molecule has 3 heterocycles. The quantitative estimate of drug-likeness (QED) is 0.873. The van der Waals surface area contributed by atoms with E-state index in [1.807, 2.05) is 23.1 Å². The Hall–Kier alpha value is -2.90. The summed E-state index contributed by atoms with van der Waals surface area (Å²) in [5, 5.41) is 7.26. The van der Waals surface area contributed by atoms with E-state index in [2.05, 4.69) is 20.3 Å². The summed E-state index contributed by atoms with van der Waals surface area (Å²) < 4.78 is 1.57. The van der Waals surface area contributed by atoms with Crippen LogP contribution in [0.2, 0.25) is 0 Å². The summed E-state index contributed by atoms with van der Waals surface area (Å²) in [6.45, 7) is 2.72. The number of amides is 2. The van der Waals surface area contributed by atoms with E-state index in [0.717, 1.165) is 44.6 Å². The van der Waals surface area contributed by atoms with Crippen LogP contribution in [0.5, 0.6) is 0 Å². The summed E-state index contributed by atoms with van der Waals surface area (Å²) in [5.74, 6) is 1.52. The minimum Gasteiger partial charge on any atom is -0.353 e. The third-order valence-corrected chi connectivity index (χ3v) is 5.62. The van der Waals surface area contributed by atoms with Gasteiger partial charge >= 0.3 is 0 Å². The number of hydrogen-bond donors (Lipinski definition) is 1. The second kappa shape index (κ2) is 8.00. The topological polar surface area (TPSA) is 83.4 Å². The van der Waals surface area contributed by atoms with Crippen molar-refractivity contribution in [1.29, 1.82) is 0 Å². The average Bonchev–Trinajstić information content (AvgIpc) is 3.39. The fourth-order valence-corrected chi connectivity index (χ4v) is 3.95. The minimum atomic E-state index is -0.0994. The maximum atomic E-state index is 12.9. The van der Waals surface area contributed by atoms with Gasteiger partial charge in [0.1, 0.15) is 11.6 Å². The number of aromatic nitrogens is 3. The van der Waals surface area contributed by atoms with Crippen molar-refractivity contribution in [3.63, 3.8) is 0 Å². The highest BCUT2D eigenvalue weighted by atomic mass is 16.2. The molecule has 2 amide bonds. The number of aryl methyl sites for hydroxylation is 1. The zero-order valence-electron chi connectivity index (χ0n) is 16.2. The smallest absolute Gasteiger partial charge is 0.274 e. The van der Waals surface area contributed by atoms with E-state index in [4.69, 9.17) is 0 Å². The van der Waals surface area contributed by atoms with Crippen molar-refractivity contribution in [1.82, 2.24) is 19.7 Å². The Kier molecular flexibility index (Phi) is 5.27. The third-order valence-electron chi connectivity index (χ3n) is 5.62. The lowest BCUT2D eigenvalue weighted by Gasteiger charge is -2.35. The molecule has 1 saturated heterocycles. The molecule has 0 unspecified atom stereocenters. The Morgan fingerprint density at radius 3 is 2.54 bits per heavy atom. The molecule has 1 aliphatic carbocycles. The van der Waals surface area contributed by atoms with Crippen LogP contribution in [0.1, 0.15) is 36.2 Å². The number of anilines is 2. The van der Waals surface area contributed by atoms with E-state index >= 15 is 0 Å². The van der Waals surface area contributed by atoms with Gasteiger partial charge in [-0.15, -0.1) is 0 Å². The number of hydrogen-bond acceptors (Lipinski definition) is 5. The second-order valence-corrected chi connectivity index (χ2v) is 7.48. The molecule has 8 nitrogen and oxygen atoms in total. The zero-order chi connectivity index (χ0) is 19.5. The van der Waals surface area contributed by atoms with Gasteiger partial charge in [-0.2, -0.15) is 5.10 Å². The summed E-state index contributed by atoms with van der Waals surface area (Å²) in [5.41, 5.74) is 0.371. The van der Waals surface area contributed by atoms with Crippen molar-refractivity contribution in [2.24, 2.45) is 13.0 Å². The normalized spacial score (nSPS) is 17.8. The maximum absolute atomic E-state index is 12.9. The van der Waals surface area contributed by atoms with E-state index in [1.165, 1.54) is 0 Å². The first-order chi connectivity index (χ1) is 13.6. The van der Waals surface area contributed by atoms with Gasteiger partial charge < -0.3 is 15.1 Å². The molecule has 2 aromatic heterocycles. The zero-order valence-corrected chi connectivity index (χ0v) is 16.2. The van der Waals surface area contributed by atoms with Crippen molar-refractivity contribution in [3.8, 4) is 0 Å². The number of nitrogens with one attached hydrogen (secondary N) is 1. The van der Waals surface area contributed by atoms with Crippen LogP contribution in [0.15, 0.2) is 30.5 Å². The lowest BCUT2D eigenvalue weighted by Crippen LogP contribution is -2.49. The molecule has 8 heteroatoms. The maximum Gasteiger partial charge on any atom is 0.274 e. The minimum absolute atomic E-state index is 0.0310. The fourth-order valence-electron chi connectivity index (χ4n) is 3.95. The van der Waals surface area contributed by atoms with Gasteiger partial charge in [0.2, 0.25) is 5.91 Å². The predicted molar refractivity (Wildman–Crippen MR) is 106 cm³/mol. The van der Waals surface area contributed by atoms with Gasteiger partial charge in [-0.1, -0.05) is 18.9 Å². The molecule has 0 aromatic carbocycles. The van der Waals surface area contributed by atoms with Crippen LogP contribution in [-0.2, 0) is 11.8 Å². The molecular weight excluding hydrogens is 356 g/mol. The van der Waals surface area contributed by atoms with Gasteiger partial charge in [-0.3, -0.25) is 14.3 Å². The highest BCUT2D eigenvalue weighted by Gasteiger charge is 2.27. The van der Waals surface area contributed by atoms with Crippen molar-refractivity contribution in [3.05, 3.63) is 36.2 Å². The highest BCUT2D eigenvalue weighted by molar-refractivity contribution is 5.96. The molecular formula is C20H26N6O2. The first-order valence-electron chi connectivity index (χ1n) is 9.92. The molecule has 0 bridgehead atoms. The van der Waals surface area contributed by atoms with Crippen LogP contribution >= 0.6 is 0 Å². The predicted octanol–water partition coefficient (Wildman–Crippen LogP) is 1.91. The molecule has 148 valence electrons. The van der Waals surface area contributed by atoms with Crippen molar-refractivity contribution in [2.75, 3.05) is 36.4 Å². The van der Waals surface area contributed by atoms with Gasteiger partial charge in [0.05, 0.1) is 0 Å². The van der Waals surface area contributed by atoms with Crippen molar-refractivity contribution >= 4 is 23.5 Å². The molecule has 0 atom stereocenters. The van der Waals surface area contributed by atoms with Crippen molar-refractivity contribution < 1.29 is 9.59 Å². The van der Waals surface area contributed by atoms with E-state index in [-0.39, 0.29) is 17.7 Å². The van der Waals surface area contributed by atoms with Gasteiger partial charge in [0.15, 0.2) is 5.69 Å². The molecule has 1 aliphatic heterocycles. The molecule has 2 fully saturated rings. The Bertz CT molecular complexity index is 836. The Morgan fingerprint density at radius 1 is 1.11 bits per heavy atom. The number of carbonyl (C=O) groups is 2. The fraction of sp³-hybridized carbons (Fsp3) is 0.500. The number of carbonyl (C=O) groups excluding carboxylic acids is 2. The molecule has 4 rings (SSSR count). The molecule has 0 spiro atoms. The average molecular weight is 382 g/mol. The van der Waals surface area contributed by atoms with E-state index < -0.39 is 0 Å². The first kappa shape index (κ1) is 18.5. The van der Waals surface area contributed by atoms with Crippen LogP contribution in [0, 0.1) is 5.92 Å². The summed E-state index contributed by atoms with van der Waals surface area (Å²) in [7, 11) is 1.75. The lowest BCUT2D eigenvalue weighted by atomic mass is 10.1. The van der Waals surface area contributed by atoms with Gasteiger partial charge in [-0.25, -0.2) is 4.98 Å². The number of pyridine rings is 1. The number of nitrogens with zero attached hydrogens (tertiary/aromatic N) is 5. The Morgan fingerprint density at radius 2 is 1.86 bits per heavy atom. The molecule has 0 radical (unpaired) electrons. The SMILES string of the molecule is Cn1nc(C(=O)N2CCN(c3ccccn3)CC2)cc1NC(=O)C1CCCC1. The van der Waals surface area contributed by atoms with Crippen LogP contribution in [0.3, 0.4) is 0 Å². The summed E-state index contributed by atoms with van der Waals surface area (Å²) in [6, 6.07) is 7.53. The number of rotatable bonds is 4. The summed E-state index contributed by atoms with van der Waals surface area (Å²) >= 11 is 0. The lowest BCUT2D eigenvalue weighted by molar-refractivity contribution is -0.119. The van der Waals surface area contributed by atoms with Gasteiger partial charge in [-0.05, 0) is 25.0 Å². The van der Waals surface area contributed by atoms with Gasteiger partial charge in [0, 0.05) is 51.4 Å². The van der Waals surface area contributed by atoms with E-state index in [1.54, 1.807) is 24.0 Å². The molecule has 1 saturated carbocycles. The highest BCUT2D eigenvalue weighted by Crippen LogP contribution is 2.26. The van der Waals surface area contributed by atoms with E-state index in [9.17, 15) is 9.59 Å². The molecule has 28 heavy (non-hydrogen) atoms. The van der Waals surface area contributed by atoms with Crippen LogP contribution in [0.4, 0.5) is 11.6 Å². The largest absolute Gasteiger partial charge is 0.353 e. The monoisotopic (exact) mass is 382 g/mol.